The van der Waals surface area contributed by atoms with E-state index in [1.807, 2.05) is 35.2 Å². The fourth-order valence-electron chi connectivity index (χ4n) is 4.74. The number of carbonyl (C=O) groups is 1. The van der Waals surface area contributed by atoms with Crippen molar-refractivity contribution in [3.8, 4) is 5.75 Å². The quantitative estimate of drug-likeness (QED) is 0.183. The third-order valence-electron chi connectivity index (χ3n) is 6.89. The Morgan fingerprint density at radius 2 is 1.44 bits per heavy atom. The summed E-state index contributed by atoms with van der Waals surface area (Å²) in [5.74, 6) is -9.34. The number of para-hydroxylation sites is 1. The summed E-state index contributed by atoms with van der Waals surface area (Å²) in [6.45, 7) is 2.58. The van der Waals surface area contributed by atoms with E-state index in [2.05, 4.69) is 5.32 Å². The van der Waals surface area contributed by atoms with Crippen molar-refractivity contribution in [2.45, 2.75) is 32.1 Å². The Labute approximate surface area is 211 Å². The Balaban J connectivity index is 1.25. The van der Waals surface area contributed by atoms with Crippen LogP contribution in [-0.2, 0) is 4.79 Å². The van der Waals surface area contributed by atoms with Crippen molar-refractivity contribution in [2.24, 2.45) is 5.41 Å². The number of hydrogen-bond donors (Lipinski definition) is 1. The van der Waals surface area contributed by atoms with Crippen LogP contribution in [0.4, 0.5) is 27.6 Å². The van der Waals surface area contributed by atoms with Gasteiger partial charge in [0.1, 0.15) is 11.4 Å². The minimum absolute atomic E-state index is 0.0693. The second kappa shape index (κ2) is 11.0. The molecule has 2 aromatic rings. The zero-order valence-corrected chi connectivity index (χ0v) is 20.3. The molecule has 0 aliphatic carbocycles. The van der Waals surface area contributed by atoms with Gasteiger partial charge in [-0.05, 0) is 55.4 Å². The van der Waals surface area contributed by atoms with Crippen LogP contribution in [0, 0.1) is 34.5 Å². The van der Waals surface area contributed by atoms with Gasteiger partial charge in [-0.25, -0.2) is 22.0 Å². The normalized spacial score (nSPS) is 16.9. The van der Waals surface area contributed by atoms with Crippen molar-refractivity contribution in [3.05, 3.63) is 59.4 Å². The summed E-state index contributed by atoms with van der Waals surface area (Å²) in [5, 5.41) is 2.10. The summed E-state index contributed by atoms with van der Waals surface area (Å²) < 4.78 is 73.9. The third kappa shape index (κ3) is 5.55. The molecule has 0 bridgehead atoms. The van der Waals surface area contributed by atoms with Crippen molar-refractivity contribution in [3.63, 3.8) is 0 Å². The highest BCUT2D eigenvalue weighted by molar-refractivity contribution is 7.80. The second-order valence-electron chi connectivity index (χ2n) is 9.19. The Morgan fingerprint density at radius 3 is 2.06 bits per heavy atom. The highest BCUT2D eigenvalue weighted by Crippen LogP contribution is 2.41. The number of piperidine rings is 1. The van der Waals surface area contributed by atoms with Crippen LogP contribution in [0.2, 0.25) is 0 Å². The molecule has 0 radical (unpaired) electrons. The van der Waals surface area contributed by atoms with E-state index < -0.39 is 34.8 Å². The van der Waals surface area contributed by atoms with Gasteiger partial charge >= 0.3 is 0 Å². The lowest BCUT2D eigenvalue weighted by Crippen LogP contribution is -2.45. The zero-order valence-electron chi connectivity index (χ0n) is 19.5. The number of anilines is 1. The molecule has 0 saturated carbocycles. The first kappa shape index (κ1) is 26.1. The number of likely N-dealkylation sites (tertiary alicyclic amines) is 2. The van der Waals surface area contributed by atoms with E-state index in [1.54, 1.807) is 4.90 Å². The maximum atomic E-state index is 14.0. The SMILES string of the molecule is O=C(CCCOc1ccccc1)N1CCC2(CC1)CCN(C(=S)Nc1c(F)c(F)c(F)c(F)c1F)C2. The first-order chi connectivity index (χ1) is 17.2. The molecule has 1 amide bonds. The minimum Gasteiger partial charge on any atom is -0.494 e. The number of ether oxygens (including phenoxy) is 1. The van der Waals surface area contributed by atoms with E-state index in [0.29, 0.717) is 45.6 Å². The largest absolute Gasteiger partial charge is 0.494 e. The number of benzene rings is 2. The molecule has 2 saturated heterocycles. The van der Waals surface area contributed by atoms with Crippen molar-refractivity contribution >= 4 is 28.9 Å². The van der Waals surface area contributed by atoms with Crippen LogP contribution >= 0.6 is 12.2 Å². The van der Waals surface area contributed by atoms with Crippen LogP contribution < -0.4 is 10.1 Å². The van der Waals surface area contributed by atoms with Gasteiger partial charge in [0.25, 0.3) is 0 Å². The molecule has 2 fully saturated rings. The number of thiocarbonyl (C=S) groups is 1. The lowest BCUT2D eigenvalue weighted by atomic mass is 9.77. The van der Waals surface area contributed by atoms with E-state index in [4.69, 9.17) is 17.0 Å². The number of halogens is 5. The summed E-state index contributed by atoms with van der Waals surface area (Å²) >= 11 is 5.21. The average molecular weight is 528 g/mol. The lowest BCUT2D eigenvalue weighted by molar-refractivity contribution is -0.133. The molecule has 194 valence electrons. The smallest absolute Gasteiger partial charge is 0.222 e. The molecule has 0 atom stereocenters. The topological polar surface area (TPSA) is 44.8 Å². The van der Waals surface area contributed by atoms with Crippen LogP contribution in [0.25, 0.3) is 0 Å². The highest BCUT2D eigenvalue weighted by Gasteiger charge is 2.42. The Morgan fingerprint density at radius 1 is 0.889 bits per heavy atom. The third-order valence-corrected chi connectivity index (χ3v) is 7.25. The lowest BCUT2D eigenvalue weighted by Gasteiger charge is -2.39. The Kier molecular flexibility index (Phi) is 7.97. The first-order valence-corrected chi connectivity index (χ1v) is 12.1. The summed E-state index contributed by atoms with van der Waals surface area (Å²) in [6.07, 6.45) is 3.23. The van der Waals surface area contributed by atoms with Gasteiger partial charge in [0, 0.05) is 32.6 Å². The maximum Gasteiger partial charge on any atom is 0.222 e. The summed E-state index contributed by atoms with van der Waals surface area (Å²) in [4.78, 5) is 16.1. The molecule has 11 heteroatoms. The van der Waals surface area contributed by atoms with Crippen molar-refractivity contribution in [2.75, 3.05) is 38.1 Å². The number of hydrogen-bond acceptors (Lipinski definition) is 3. The van der Waals surface area contributed by atoms with Gasteiger partial charge in [0.05, 0.1) is 6.61 Å². The molecule has 0 aromatic heterocycles. The van der Waals surface area contributed by atoms with Crippen LogP contribution in [-0.4, -0.2) is 53.6 Å². The molecule has 1 N–H and O–H groups in total. The molecule has 2 aliphatic heterocycles. The maximum absolute atomic E-state index is 14.0. The Bertz CT molecular complexity index is 1100. The molecule has 2 aliphatic rings. The molecular weight excluding hydrogens is 501 g/mol. The number of rotatable bonds is 6. The van der Waals surface area contributed by atoms with Gasteiger partial charge in [0.15, 0.2) is 28.4 Å². The average Bonchev–Trinajstić information content (AvgIpc) is 3.31. The number of amides is 1. The van der Waals surface area contributed by atoms with Crippen molar-refractivity contribution in [1.29, 1.82) is 0 Å². The summed E-state index contributed by atoms with van der Waals surface area (Å²) in [5.41, 5.74) is -1.29. The van der Waals surface area contributed by atoms with Crippen LogP contribution in [0.15, 0.2) is 30.3 Å². The van der Waals surface area contributed by atoms with Gasteiger partial charge < -0.3 is 19.9 Å². The standard InChI is InChI=1S/C25H26F5N3O2S/c26-18-19(27)21(29)23(22(30)20(18)28)31-24(36)33-13-10-25(15-33)8-11-32(12-9-25)17(34)7-4-14-35-16-5-2-1-3-6-16/h1-3,5-6H,4,7-15H2,(H,31,36). The number of nitrogens with one attached hydrogen (secondary N) is 1. The predicted molar refractivity (Wildman–Crippen MR) is 128 cm³/mol. The van der Waals surface area contributed by atoms with Gasteiger partial charge in [-0.1, -0.05) is 18.2 Å². The molecular formula is C25H26F5N3O2S. The van der Waals surface area contributed by atoms with Crippen molar-refractivity contribution < 1.29 is 31.5 Å². The molecule has 4 rings (SSSR count). The van der Waals surface area contributed by atoms with Gasteiger partial charge in [-0.2, -0.15) is 0 Å². The molecule has 36 heavy (non-hydrogen) atoms. The number of nitrogens with zero attached hydrogens (tertiary/aromatic N) is 2. The van der Waals surface area contributed by atoms with Crippen LogP contribution in [0.1, 0.15) is 32.1 Å². The molecule has 2 heterocycles. The van der Waals surface area contributed by atoms with Crippen LogP contribution in [0.3, 0.4) is 0 Å². The van der Waals surface area contributed by atoms with Crippen LogP contribution in [0.5, 0.6) is 5.75 Å². The first-order valence-electron chi connectivity index (χ1n) is 11.7. The van der Waals surface area contributed by atoms with E-state index in [-0.39, 0.29) is 16.4 Å². The Hall–Kier alpha value is -2.95. The second-order valence-corrected chi connectivity index (χ2v) is 9.58. The van der Waals surface area contributed by atoms with Crippen molar-refractivity contribution in [1.82, 2.24) is 9.80 Å². The summed E-state index contributed by atoms with van der Waals surface area (Å²) in [7, 11) is 0. The number of carbonyl (C=O) groups excluding carboxylic acids is 1. The predicted octanol–water partition coefficient (Wildman–Crippen LogP) is 5.25. The van der Waals surface area contributed by atoms with E-state index in [0.717, 1.165) is 25.0 Å². The fraction of sp³-hybridized carbons (Fsp3) is 0.440. The van der Waals surface area contributed by atoms with E-state index >= 15 is 0 Å². The molecule has 2 aromatic carbocycles. The van der Waals surface area contributed by atoms with Gasteiger partial charge in [-0.3, -0.25) is 4.79 Å². The van der Waals surface area contributed by atoms with E-state index in [9.17, 15) is 26.7 Å². The van der Waals surface area contributed by atoms with Gasteiger partial charge in [-0.15, -0.1) is 0 Å². The van der Waals surface area contributed by atoms with E-state index in [1.165, 1.54) is 0 Å². The highest BCUT2D eigenvalue weighted by atomic mass is 32.1. The molecule has 5 nitrogen and oxygen atoms in total. The minimum atomic E-state index is -2.22. The molecule has 1 spiro atoms. The summed E-state index contributed by atoms with van der Waals surface area (Å²) in [6, 6.07) is 9.40. The monoisotopic (exact) mass is 527 g/mol. The molecule has 0 unspecified atom stereocenters. The van der Waals surface area contributed by atoms with Gasteiger partial charge in [0.2, 0.25) is 11.7 Å². The fourth-order valence-corrected chi connectivity index (χ4v) is 4.99. The zero-order chi connectivity index (χ0) is 25.9.